The predicted octanol–water partition coefficient (Wildman–Crippen LogP) is 3.56. The molecule has 0 radical (unpaired) electrons. The Morgan fingerprint density at radius 2 is 1.74 bits per heavy atom. The zero-order valence-electron chi connectivity index (χ0n) is 12.5. The Kier molecular flexibility index (Phi) is 2.50. The molecule has 1 aliphatic rings. The zero-order valence-corrected chi connectivity index (χ0v) is 12.5. The van der Waals surface area contributed by atoms with Gasteiger partial charge in [-0.15, -0.1) is 0 Å². The van der Waals surface area contributed by atoms with Crippen LogP contribution in [0.15, 0.2) is 47.3 Å². The SMILES string of the molecule is O=c1c2c([nH]c3ccc4[nH]c(-c5ccccc5)nc4c13)CCC2. The lowest BCUT2D eigenvalue weighted by molar-refractivity contribution is 0.900. The maximum absolute atomic E-state index is 12.9. The van der Waals surface area contributed by atoms with E-state index in [2.05, 4.69) is 9.97 Å². The Balaban J connectivity index is 1.86. The van der Waals surface area contributed by atoms with Gasteiger partial charge in [-0.05, 0) is 31.4 Å². The molecule has 2 N–H and O–H groups in total. The number of imidazole rings is 1. The lowest BCUT2D eigenvalue weighted by Crippen LogP contribution is -2.11. The number of benzene rings is 2. The van der Waals surface area contributed by atoms with E-state index in [4.69, 9.17) is 4.98 Å². The van der Waals surface area contributed by atoms with E-state index in [1.165, 1.54) is 0 Å². The second-order valence-electron chi connectivity index (χ2n) is 6.10. The van der Waals surface area contributed by atoms with Gasteiger partial charge in [-0.25, -0.2) is 4.98 Å². The van der Waals surface area contributed by atoms with Crippen LogP contribution in [0.25, 0.3) is 33.3 Å². The number of aromatic nitrogens is 3. The van der Waals surface area contributed by atoms with Crippen LogP contribution < -0.4 is 5.43 Å². The van der Waals surface area contributed by atoms with E-state index >= 15 is 0 Å². The molecule has 0 bridgehead atoms. The minimum atomic E-state index is 0.142. The summed E-state index contributed by atoms with van der Waals surface area (Å²) >= 11 is 0. The molecule has 0 saturated heterocycles. The molecular weight excluding hydrogens is 286 g/mol. The Bertz CT molecular complexity index is 1110. The van der Waals surface area contributed by atoms with Crippen molar-refractivity contribution in [2.45, 2.75) is 19.3 Å². The van der Waals surface area contributed by atoms with Gasteiger partial charge in [-0.2, -0.15) is 0 Å². The quantitative estimate of drug-likeness (QED) is 0.564. The number of hydrogen-bond acceptors (Lipinski definition) is 2. The summed E-state index contributed by atoms with van der Waals surface area (Å²) < 4.78 is 0. The number of pyridine rings is 1. The third-order valence-corrected chi connectivity index (χ3v) is 4.71. The van der Waals surface area contributed by atoms with Crippen molar-refractivity contribution in [3.63, 3.8) is 0 Å². The van der Waals surface area contributed by atoms with Gasteiger partial charge in [0.05, 0.1) is 16.4 Å². The normalized spacial score (nSPS) is 13.7. The lowest BCUT2D eigenvalue weighted by atomic mass is 10.1. The average Bonchev–Trinajstić information content (AvgIpc) is 3.21. The van der Waals surface area contributed by atoms with Crippen molar-refractivity contribution in [3.8, 4) is 11.4 Å². The number of rotatable bonds is 1. The fourth-order valence-electron chi connectivity index (χ4n) is 3.59. The Morgan fingerprint density at radius 3 is 2.61 bits per heavy atom. The first-order valence-electron chi connectivity index (χ1n) is 7.93. The van der Waals surface area contributed by atoms with Crippen LogP contribution in [0.2, 0.25) is 0 Å². The molecule has 0 atom stereocenters. The summed E-state index contributed by atoms with van der Waals surface area (Å²) in [6.07, 6.45) is 2.89. The second-order valence-corrected chi connectivity index (χ2v) is 6.10. The minimum Gasteiger partial charge on any atom is -0.358 e. The number of hydrogen-bond donors (Lipinski definition) is 2. The van der Waals surface area contributed by atoms with Gasteiger partial charge in [-0.3, -0.25) is 4.79 Å². The standard InChI is InChI=1S/C19H15N3O/c23-18-12-7-4-8-13(12)20-14-9-10-15-17(16(14)18)22-19(21-15)11-5-2-1-3-6-11/h1-3,5-6,9-10H,4,7-8H2,(H,20,23)(H,21,22). The van der Waals surface area contributed by atoms with Gasteiger partial charge in [0.25, 0.3) is 0 Å². The number of fused-ring (bicyclic) bond motifs is 4. The van der Waals surface area contributed by atoms with E-state index < -0.39 is 0 Å². The molecule has 0 saturated carbocycles. The maximum atomic E-state index is 12.9. The van der Waals surface area contributed by atoms with Gasteiger partial charge >= 0.3 is 0 Å². The first-order chi connectivity index (χ1) is 11.3. The van der Waals surface area contributed by atoms with E-state index in [1.807, 2.05) is 42.5 Å². The number of nitrogens with one attached hydrogen (secondary N) is 2. The highest BCUT2D eigenvalue weighted by molar-refractivity contribution is 6.03. The molecule has 112 valence electrons. The average molecular weight is 301 g/mol. The Labute approximate surface area is 132 Å². The summed E-state index contributed by atoms with van der Waals surface area (Å²) in [6, 6.07) is 14.0. The molecule has 1 aliphatic carbocycles. The monoisotopic (exact) mass is 301 g/mol. The lowest BCUT2D eigenvalue weighted by Gasteiger charge is -2.03. The van der Waals surface area contributed by atoms with E-state index in [0.29, 0.717) is 5.39 Å². The van der Waals surface area contributed by atoms with Crippen molar-refractivity contribution < 1.29 is 0 Å². The number of aromatic amines is 2. The molecule has 4 aromatic rings. The number of nitrogens with zero attached hydrogens (tertiary/aromatic N) is 1. The van der Waals surface area contributed by atoms with Crippen LogP contribution in [0.4, 0.5) is 0 Å². The minimum absolute atomic E-state index is 0.142. The Hall–Kier alpha value is -2.88. The summed E-state index contributed by atoms with van der Waals surface area (Å²) in [5.41, 5.74) is 5.75. The molecule has 2 aromatic heterocycles. The summed E-state index contributed by atoms with van der Waals surface area (Å²) in [7, 11) is 0. The van der Waals surface area contributed by atoms with Gasteiger partial charge in [0, 0.05) is 16.8 Å². The predicted molar refractivity (Wildman–Crippen MR) is 91.7 cm³/mol. The van der Waals surface area contributed by atoms with Crippen LogP contribution in [0.3, 0.4) is 0 Å². The molecule has 0 aliphatic heterocycles. The molecule has 2 heterocycles. The molecular formula is C19H15N3O. The van der Waals surface area contributed by atoms with Crippen molar-refractivity contribution in [1.29, 1.82) is 0 Å². The fourth-order valence-corrected chi connectivity index (χ4v) is 3.59. The van der Waals surface area contributed by atoms with Crippen molar-refractivity contribution >= 4 is 21.9 Å². The second kappa shape index (κ2) is 4.56. The summed E-state index contributed by atoms with van der Waals surface area (Å²) in [5, 5.41) is 0.710. The van der Waals surface area contributed by atoms with Crippen LogP contribution in [-0.4, -0.2) is 15.0 Å². The van der Waals surface area contributed by atoms with Gasteiger partial charge in [0.1, 0.15) is 11.3 Å². The highest BCUT2D eigenvalue weighted by atomic mass is 16.1. The van der Waals surface area contributed by atoms with Crippen LogP contribution in [0, 0.1) is 0 Å². The fraction of sp³-hybridized carbons (Fsp3) is 0.158. The van der Waals surface area contributed by atoms with E-state index in [9.17, 15) is 4.79 Å². The van der Waals surface area contributed by atoms with Crippen molar-refractivity contribution in [2.24, 2.45) is 0 Å². The first-order valence-corrected chi connectivity index (χ1v) is 7.93. The molecule has 4 heteroatoms. The number of H-pyrrole nitrogens is 2. The largest absolute Gasteiger partial charge is 0.358 e. The topological polar surface area (TPSA) is 61.5 Å². The molecule has 23 heavy (non-hydrogen) atoms. The molecule has 0 amide bonds. The van der Waals surface area contributed by atoms with Gasteiger partial charge in [0.2, 0.25) is 0 Å². The van der Waals surface area contributed by atoms with E-state index in [-0.39, 0.29) is 5.43 Å². The molecule has 0 unspecified atom stereocenters. The van der Waals surface area contributed by atoms with E-state index in [1.54, 1.807) is 0 Å². The van der Waals surface area contributed by atoms with Gasteiger partial charge in [-0.1, -0.05) is 30.3 Å². The highest BCUT2D eigenvalue weighted by Crippen LogP contribution is 2.27. The Morgan fingerprint density at radius 1 is 0.913 bits per heavy atom. The first kappa shape index (κ1) is 12.6. The maximum Gasteiger partial charge on any atom is 0.195 e. The van der Waals surface area contributed by atoms with Crippen LogP contribution >= 0.6 is 0 Å². The van der Waals surface area contributed by atoms with Crippen molar-refractivity contribution in [3.05, 3.63) is 63.9 Å². The van der Waals surface area contributed by atoms with Crippen LogP contribution in [-0.2, 0) is 12.8 Å². The third-order valence-electron chi connectivity index (χ3n) is 4.71. The summed E-state index contributed by atoms with van der Waals surface area (Å²) in [4.78, 5) is 24.4. The molecule has 0 fully saturated rings. The van der Waals surface area contributed by atoms with Gasteiger partial charge in [0.15, 0.2) is 5.43 Å². The van der Waals surface area contributed by atoms with E-state index in [0.717, 1.165) is 58.5 Å². The van der Waals surface area contributed by atoms with Gasteiger partial charge < -0.3 is 9.97 Å². The summed E-state index contributed by atoms with van der Waals surface area (Å²) in [5.74, 6) is 0.799. The third kappa shape index (κ3) is 1.78. The summed E-state index contributed by atoms with van der Waals surface area (Å²) in [6.45, 7) is 0. The number of aryl methyl sites for hydroxylation is 1. The molecule has 5 rings (SSSR count). The zero-order chi connectivity index (χ0) is 15.4. The molecule has 0 spiro atoms. The van der Waals surface area contributed by atoms with Crippen molar-refractivity contribution in [1.82, 2.24) is 15.0 Å². The van der Waals surface area contributed by atoms with Crippen LogP contribution in [0.5, 0.6) is 0 Å². The van der Waals surface area contributed by atoms with Crippen molar-refractivity contribution in [2.75, 3.05) is 0 Å². The van der Waals surface area contributed by atoms with Crippen LogP contribution in [0.1, 0.15) is 17.7 Å². The molecule has 4 nitrogen and oxygen atoms in total. The highest BCUT2D eigenvalue weighted by Gasteiger charge is 2.19. The smallest absolute Gasteiger partial charge is 0.195 e. The molecule has 2 aromatic carbocycles.